The lowest BCUT2D eigenvalue weighted by Crippen LogP contribution is -1.91. The van der Waals surface area contributed by atoms with Crippen molar-refractivity contribution in [2.24, 2.45) is 0 Å². The first-order valence-corrected chi connectivity index (χ1v) is 7.95. The molecule has 0 amide bonds. The number of halogens is 1. The summed E-state index contributed by atoms with van der Waals surface area (Å²) in [6.07, 6.45) is 3.66. The first-order valence-electron chi connectivity index (χ1n) is 7.95. The molecule has 3 heteroatoms. The van der Waals surface area contributed by atoms with Crippen LogP contribution in [0.2, 0.25) is 0 Å². The topological polar surface area (TPSA) is 25.8 Å². The van der Waals surface area contributed by atoms with Crippen LogP contribution in [0.25, 0.3) is 33.6 Å². The molecule has 2 nitrogen and oxygen atoms in total. The molecule has 2 heterocycles. The Balaban J connectivity index is 0.00000182. The molecule has 0 aliphatic carbocycles. The molecular weight excluding hydrogens is 328 g/mol. The van der Waals surface area contributed by atoms with Gasteiger partial charge < -0.3 is 0 Å². The fourth-order valence-corrected chi connectivity index (χ4v) is 2.93. The summed E-state index contributed by atoms with van der Waals surface area (Å²) in [5, 5.41) is 0. The standard InChI is InChI=1S/C22H16N2.ClH/c1-3-11-19(21-13-5-7-15-23-21)17(9-1)18-10-2-4-12-20(18)22-14-6-8-16-24-22;/h1-16H;1H. The predicted molar refractivity (Wildman–Crippen MR) is 106 cm³/mol. The fourth-order valence-electron chi connectivity index (χ4n) is 2.93. The Labute approximate surface area is 153 Å². The van der Waals surface area contributed by atoms with Crippen LogP contribution in [-0.2, 0) is 0 Å². The molecule has 0 atom stereocenters. The highest BCUT2D eigenvalue weighted by Gasteiger charge is 2.12. The Morgan fingerprint density at radius 3 is 1.12 bits per heavy atom. The number of pyridine rings is 2. The number of nitrogens with zero attached hydrogens (tertiary/aromatic N) is 2. The average molecular weight is 345 g/mol. The molecule has 0 aliphatic rings. The second kappa shape index (κ2) is 7.73. The van der Waals surface area contributed by atoms with Crippen LogP contribution in [0.4, 0.5) is 0 Å². The smallest absolute Gasteiger partial charge is 0.0708 e. The van der Waals surface area contributed by atoms with E-state index in [4.69, 9.17) is 0 Å². The van der Waals surface area contributed by atoms with Gasteiger partial charge in [-0.05, 0) is 35.4 Å². The van der Waals surface area contributed by atoms with E-state index in [1.807, 2.05) is 48.8 Å². The van der Waals surface area contributed by atoms with Crippen molar-refractivity contribution in [1.29, 1.82) is 0 Å². The maximum absolute atomic E-state index is 4.52. The van der Waals surface area contributed by atoms with Crippen LogP contribution in [0.1, 0.15) is 0 Å². The summed E-state index contributed by atoms with van der Waals surface area (Å²) < 4.78 is 0. The van der Waals surface area contributed by atoms with E-state index in [2.05, 4.69) is 58.5 Å². The SMILES string of the molecule is Cl.c1ccc(-c2ccccc2-c2ccccc2-c2ccccn2)nc1. The van der Waals surface area contributed by atoms with E-state index in [9.17, 15) is 0 Å². The van der Waals surface area contributed by atoms with E-state index in [1.165, 1.54) is 0 Å². The van der Waals surface area contributed by atoms with E-state index < -0.39 is 0 Å². The average Bonchev–Trinajstić information content (AvgIpc) is 2.69. The Hall–Kier alpha value is -2.97. The zero-order valence-corrected chi connectivity index (χ0v) is 14.4. The third kappa shape index (κ3) is 3.44. The normalized spacial score (nSPS) is 10.1. The first-order chi connectivity index (χ1) is 11.9. The van der Waals surface area contributed by atoms with Crippen molar-refractivity contribution in [2.45, 2.75) is 0 Å². The highest BCUT2D eigenvalue weighted by atomic mass is 35.5. The lowest BCUT2D eigenvalue weighted by molar-refractivity contribution is 1.32. The number of benzene rings is 2. The van der Waals surface area contributed by atoms with Crippen molar-refractivity contribution in [3.63, 3.8) is 0 Å². The zero-order valence-electron chi connectivity index (χ0n) is 13.5. The Kier molecular flexibility index (Phi) is 5.22. The Morgan fingerprint density at radius 2 is 0.760 bits per heavy atom. The molecule has 0 saturated carbocycles. The van der Waals surface area contributed by atoms with Crippen molar-refractivity contribution >= 4 is 12.4 Å². The largest absolute Gasteiger partial charge is 0.256 e. The second-order valence-corrected chi connectivity index (χ2v) is 5.52. The van der Waals surface area contributed by atoms with Gasteiger partial charge in [0.15, 0.2) is 0 Å². The van der Waals surface area contributed by atoms with E-state index in [1.54, 1.807) is 0 Å². The molecule has 0 fully saturated rings. The number of rotatable bonds is 3. The molecule has 4 aromatic rings. The molecule has 0 spiro atoms. The highest BCUT2D eigenvalue weighted by Crippen LogP contribution is 2.36. The second-order valence-electron chi connectivity index (χ2n) is 5.52. The maximum Gasteiger partial charge on any atom is 0.0708 e. The van der Waals surface area contributed by atoms with Crippen molar-refractivity contribution in [2.75, 3.05) is 0 Å². The van der Waals surface area contributed by atoms with E-state index in [-0.39, 0.29) is 12.4 Å². The molecule has 4 rings (SSSR count). The van der Waals surface area contributed by atoms with Crippen molar-refractivity contribution in [3.8, 4) is 33.6 Å². The summed E-state index contributed by atoms with van der Waals surface area (Å²) in [6.45, 7) is 0. The van der Waals surface area contributed by atoms with Gasteiger partial charge >= 0.3 is 0 Å². The van der Waals surface area contributed by atoms with Gasteiger partial charge in [0.1, 0.15) is 0 Å². The first kappa shape index (κ1) is 16.9. The van der Waals surface area contributed by atoms with Crippen LogP contribution in [0.5, 0.6) is 0 Å². The molecule has 0 aliphatic heterocycles. The molecule has 0 N–H and O–H groups in total. The van der Waals surface area contributed by atoms with Crippen LogP contribution in [0, 0.1) is 0 Å². The van der Waals surface area contributed by atoms with E-state index in [0.717, 1.165) is 33.6 Å². The minimum atomic E-state index is 0. The summed E-state index contributed by atoms with van der Waals surface area (Å²) in [4.78, 5) is 9.04. The maximum atomic E-state index is 4.52. The number of aromatic nitrogens is 2. The number of hydrogen-bond acceptors (Lipinski definition) is 2. The minimum Gasteiger partial charge on any atom is -0.256 e. The summed E-state index contributed by atoms with van der Waals surface area (Å²) in [5.74, 6) is 0. The fraction of sp³-hybridized carbons (Fsp3) is 0. The zero-order chi connectivity index (χ0) is 16.2. The summed E-state index contributed by atoms with van der Waals surface area (Å²) in [5.41, 5.74) is 6.53. The van der Waals surface area contributed by atoms with E-state index in [0.29, 0.717) is 0 Å². The quantitative estimate of drug-likeness (QED) is 0.462. The van der Waals surface area contributed by atoms with Gasteiger partial charge in [-0.25, -0.2) is 0 Å². The lowest BCUT2D eigenvalue weighted by Gasteiger charge is -2.13. The van der Waals surface area contributed by atoms with Crippen LogP contribution < -0.4 is 0 Å². The van der Waals surface area contributed by atoms with Crippen LogP contribution >= 0.6 is 12.4 Å². The van der Waals surface area contributed by atoms with E-state index >= 15 is 0 Å². The van der Waals surface area contributed by atoms with Crippen LogP contribution in [0.3, 0.4) is 0 Å². The minimum absolute atomic E-state index is 0. The van der Waals surface area contributed by atoms with Crippen LogP contribution in [0.15, 0.2) is 97.3 Å². The molecule has 0 bridgehead atoms. The summed E-state index contributed by atoms with van der Waals surface area (Å²) in [6, 6.07) is 28.8. The molecule has 0 saturated heterocycles. The number of hydrogen-bond donors (Lipinski definition) is 0. The predicted octanol–water partition coefficient (Wildman–Crippen LogP) is 5.90. The van der Waals surface area contributed by atoms with Gasteiger partial charge in [0, 0.05) is 23.5 Å². The highest BCUT2D eigenvalue weighted by molar-refractivity contribution is 5.89. The Morgan fingerprint density at radius 1 is 0.400 bits per heavy atom. The molecule has 122 valence electrons. The van der Waals surface area contributed by atoms with Gasteiger partial charge in [0.2, 0.25) is 0 Å². The van der Waals surface area contributed by atoms with Crippen molar-refractivity contribution in [3.05, 3.63) is 97.3 Å². The van der Waals surface area contributed by atoms with Gasteiger partial charge in [-0.1, -0.05) is 60.7 Å². The van der Waals surface area contributed by atoms with Gasteiger partial charge in [-0.2, -0.15) is 0 Å². The monoisotopic (exact) mass is 344 g/mol. The molecule has 2 aromatic carbocycles. The summed E-state index contributed by atoms with van der Waals surface area (Å²) >= 11 is 0. The lowest BCUT2D eigenvalue weighted by atomic mass is 9.92. The van der Waals surface area contributed by atoms with Gasteiger partial charge in [0.25, 0.3) is 0 Å². The molecule has 0 radical (unpaired) electrons. The molecule has 2 aromatic heterocycles. The third-order valence-corrected chi connectivity index (χ3v) is 4.03. The van der Waals surface area contributed by atoms with Gasteiger partial charge in [-0.15, -0.1) is 12.4 Å². The van der Waals surface area contributed by atoms with Crippen molar-refractivity contribution in [1.82, 2.24) is 9.97 Å². The van der Waals surface area contributed by atoms with Gasteiger partial charge in [-0.3, -0.25) is 9.97 Å². The molecule has 0 unspecified atom stereocenters. The van der Waals surface area contributed by atoms with Crippen LogP contribution in [-0.4, -0.2) is 9.97 Å². The summed E-state index contributed by atoms with van der Waals surface area (Å²) in [7, 11) is 0. The van der Waals surface area contributed by atoms with Crippen molar-refractivity contribution < 1.29 is 0 Å². The third-order valence-electron chi connectivity index (χ3n) is 4.03. The molecular formula is C22H17ClN2. The molecule has 25 heavy (non-hydrogen) atoms. The van der Waals surface area contributed by atoms with Gasteiger partial charge in [0.05, 0.1) is 11.4 Å². The Bertz CT molecular complexity index is 873.